The van der Waals surface area contributed by atoms with Crippen molar-refractivity contribution in [3.63, 3.8) is 0 Å². The van der Waals surface area contributed by atoms with Crippen LogP contribution in [-0.2, 0) is 28.0 Å². The molecular formula is C30H24F2N6O3. The van der Waals surface area contributed by atoms with Gasteiger partial charge in [0.2, 0.25) is 5.91 Å². The fraction of sp³-hybridized carbons (Fsp3) is 0.167. The van der Waals surface area contributed by atoms with E-state index in [0.717, 1.165) is 5.56 Å². The smallest absolute Gasteiger partial charge is 0.303 e. The third-order valence-corrected chi connectivity index (χ3v) is 7.48. The summed E-state index contributed by atoms with van der Waals surface area (Å²) in [6.45, 7) is 1.81. The summed E-state index contributed by atoms with van der Waals surface area (Å²) in [7, 11) is 0. The van der Waals surface area contributed by atoms with Gasteiger partial charge in [-0.05, 0) is 48.7 Å². The highest BCUT2D eigenvalue weighted by atomic mass is 19.1. The highest BCUT2D eigenvalue weighted by molar-refractivity contribution is 6.09. The molecule has 6 rings (SSSR count). The predicted octanol–water partition coefficient (Wildman–Crippen LogP) is 4.68. The van der Waals surface area contributed by atoms with Crippen LogP contribution in [0.5, 0.6) is 0 Å². The first-order valence-corrected chi connectivity index (χ1v) is 12.9. The number of aliphatic carboxylic acids is 1. The van der Waals surface area contributed by atoms with Gasteiger partial charge in [0.05, 0.1) is 17.6 Å². The van der Waals surface area contributed by atoms with Gasteiger partial charge in [0, 0.05) is 17.4 Å². The topological polar surface area (TPSA) is 136 Å². The van der Waals surface area contributed by atoms with Crippen molar-refractivity contribution in [2.45, 2.75) is 31.7 Å². The molecule has 3 aromatic carbocycles. The Kier molecular flexibility index (Phi) is 6.21. The number of aryl methyl sites for hydroxylation is 1. The van der Waals surface area contributed by atoms with Gasteiger partial charge in [0.15, 0.2) is 5.82 Å². The summed E-state index contributed by atoms with van der Waals surface area (Å²) in [4.78, 5) is 33.3. The average molecular weight is 555 g/mol. The van der Waals surface area contributed by atoms with Gasteiger partial charge in [-0.3, -0.25) is 14.3 Å². The summed E-state index contributed by atoms with van der Waals surface area (Å²) >= 11 is 0. The van der Waals surface area contributed by atoms with Crippen LogP contribution in [-0.4, -0.2) is 36.7 Å². The number of nitrogens with zero attached hydrogens (tertiary/aromatic N) is 4. The van der Waals surface area contributed by atoms with Crippen molar-refractivity contribution in [1.29, 1.82) is 0 Å². The molecule has 1 aliphatic rings. The Bertz CT molecular complexity index is 1850. The Hall–Kier alpha value is -5.19. The second-order valence-electron chi connectivity index (χ2n) is 10.1. The van der Waals surface area contributed by atoms with Crippen molar-refractivity contribution in [1.82, 2.24) is 19.7 Å². The molecule has 0 radical (unpaired) electrons. The maximum Gasteiger partial charge on any atom is 0.303 e. The molecule has 1 amide bonds. The molecule has 0 bridgehead atoms. The monoisotopic (exact) mass is 554 g/mol. The number of hydrogen-bond donors (Lipinski definition) is 3. The Morgan fingerprint density at radius 2 is 1.83 bits per heavy atom. The Balaban J connectivity index is 1.42. The number of aromatic nitrogens is 4. The van der Waals surface area contributed by atoms with E-state index in [1.165, 1.54) is 18.2 Å². The molecule has 0 fully saturated rings. The zero-order chi connectivity index (χ0) is 28.9. The summed E-state index contributed by atoms with van der Waals surface area (Å²) in [5, 5.41) is 16.8. The van der Waals surface area contributed by atoms with Crippen molar-refractivity contribution in [2.24, 2.45) is 0 Å². The number of nitrogens with two attached hydrogens (primary N) is 1. The number of nitrogens with one attached hydrogen (secondary N) is 1. The number of fused-ring (bicyclic) bond motifs is 2. The largest absolute Gasteiger partial charge is 0.481 e. The second kappa shape index (κ2) is 9.77. The molecule has 4 N–H and O–H groups in total. The van der Waals surface area contributed by atoms with E-state index in [1.54, 1.807) is 60.1 Å². The zero-order valence-electron chi connectivity index (χ0n) is 21.9. The molecule has 0 unspecified atom stereocenters. The Morgan fingerprint density at radius 3 is 2.56 bits per heavy atom. The maximum absolute atomic E-state index is 14.4. The van der Waals surface area contributed by atoms with E-state index in [4.69, 9.17) is 10.8 Å². The summed E-state index contributed by atoms with van der Waals surface area (Å²) in [6, 6.07) is 17.6. The number of carboxylic acids is 1. The lowest BCUT2D eigenvalue weighted by Crippen LogP contribution is -2.33. The molecule has 206 valence electrons. The first-order chi connectivity index (χ1) is 19.6. The lowest BCUT2D eigenvalue weighted by Gasteiger charge is -2.23. The fourth-order valence-corrected chi connectivity index (χ4v) is 5.27. The van der Waals surface area contributed by atoms with Gasteiger partial charge >= 0.3 is 5.97 Å². The number of carbonyl (C=O) groups excluding carboxylic acids is 1. The minimum absolute atomic E-state index is 0.00185. The molecule has 5 aromatic rings. The number of halogens is 2. The van der Waals surface area contributed by atoms with Crippen LogP contribution in [0.25, 0.3) is 22.4 Å². The summed E-state index contributed by atoms with van der Waals surface area (Å²) in [5.74, 6) is -1.79. The maximum atomic E-state index is 14.4. The SMILES string of the molecule is C[C@@]1(c2ccc(CCC(=O)O)cc2)C(=O)Nc2nc(-c3nn(Cc4ccccc4F)c4ccc(F)cc34)nc(N)c21. The number of anilines is 2. The number of carbonyl (C=O) groups is 2. The van der Waals surface area contributed by atoms with E-state index >= 15 is 0 Å². The van der Waals surface area contributed by atoms with Crippen LogP contribution in [0, 0.1) is 11.6 Å². The van der Waals surface area contributed by atoms with Crippen LogP contribution >= 0.6 is 0 Å². The van der Waals surface area contributed by atoms with Crippen LogP contribution < -0.4 is 11.1 Å². The van der Waals surface area contributed by atoms with Crippen LogP contribution in [0.3, 0.4) is 0 Å². The van der Waals surface area contributed by atoms with E-state index in [-0.39, 0.29) is 42.0 Å². The van der Waals surface area contributed by atoms with Gasteiger partial charge in [-0.15, -0.1) is 0 Å². The number of hydrogen-bond acceptors (Lipinski definition) is 6. The molecule has 0 spiro atoms. The summed E-state index contributed by atoms with van der Waals surface area (Å²) in [6.07, 6.45) is 0.361. The molecule has 1 aliphatic heterocycles. The van der Waals surface area contributed by atoms with Crippen molar-refractivity contribution in [2.75, 3.05) is 11.1 Å². The third-order valence-electron chi connectivity index (χ3n) is 7.48. The van der Waals surface area contributed by atoms with Gasteiger partial charge in [-0.25, -0.2) is 18.7 Å². The average Bonchev–Trinajstić information content (AvgIpc) is 3.43. The number of benzene rings is 3. The van der Waals surface area contributed by atoms with Gasteiger partial charge in [0.1, 0.15) is 34.4 Å². The van der Waals surface area contributed by atoms with Crippen molar-refractivity contribution in [3.05, 3.63) is 101 Å². The van der Waals surface area contributed by atoms with E-state index < -0.39 is 23.0 Å². The molecule has 9 nitrogen and oxygen atoms in total. The molecule has 0 aliphatic carbocycles. The van der Waals surface area contributed by atoms with Crippen LogP contribution in [0.1, 0.15) is 35.6 Å². The van der Waals surface area contributed by atoms with E-state index in [2.05, 4.69) is 20.4 Å². The first kappa shape index (κ1) is 26.1. The van der Waals surface area contributed by atoms with E-state index in [1.807, 2.05) is 0 Å². The lowest BCUT2D eigenvalue weighted by molar-refractivity contribution is -0.137. The number of amides is 1. The molecule has 11 heteroatoms. The predicted molar refractivity (Wildman–Crippen MR) is 148 cm³/mol. The molecule has 1 atom stereocenters. The summed E-state index contributed by atoms with van der Waals surface area (Å²) in [5.41, 5.74) is 8.28. The van der Waals surface area contributed by atoms with Crippen molar-refractivity contribution < 1.29 is 23.5 Å². The summed E-state index contributed by atoms with van der Waals surface area (Å²) < 4.78 is 30.3. The van der Waals surface area contributed by atoms with Gasteiger partial charge in [-0.1, -0.05) is 42.5 Å². The standard InChI is InChI=1S/C30H24F2N6O3/c1-30(18-9-6-16(7-10-18)8-13-23(39)40)24-26(33)34-28(35-27(24)36-29(30)41)25-20-14-19(31)11-12-22(20)38(37-25)15-17-4-2-3-5-21(17)32/h2-7,9-12,14H,8,13,15H2,1H3,(H,39,40)(H3,33,34,35,36,41)/t30-/m0/s1. The first-order valence-electron chi connectivity index (χ1n) is 12.9. The molecular weight excluding hydrogens is 530 g/mol. The van der Waals surface area contributed by atoms with Gasteiger partial charge in [0.25, 0.3) is 0 Å². The Labute approximate surface area is 232 Å². The number of nitrogen functional groups attached to an aromatic ring is 1. The fourth-order valence-electron chi connectivity index (χ4n) is 5.27. The van der Waals surface area contributed by atoms with Gasteiger partial charge in [-0.2, -0.15) is 5.10 Å². The molecule has 0 saturated carbocycles. The minimum atomic E-state index is -1.21. The number of carboxylic acid groups (broad SMARTS) is 1. The van der Waals surface area contributed by atoms with Crippen molar-refractivity contribution >= 4 is 34.4 Å². The van der Waals surface area contributed by atoms with Crippen molar-refractivity contribution in [3.8, 4) is 11.5 Å². The van der Waals surface area contributed by atoms with Gasteiger partial charge < -0.3 is 16.2 Å². The lowest BCUT2D eigenvalue weighted by atomic mass is 9.77. The zero-order valence-corrected chi connectivity index (χ0v) is 21.9. The normalized spacial score (nSPS) is 16.1. The molecule has 3 heterocycles. The quantitative estimate of drug-likeness (QED) is 0.266. The van der Waals surface area contributed by atoms with E-state index in [9.17, 15) is 18.4 Å². The highest BCUT2D eigenvalue weighted by Gasteiger charge is 2.47. The van der Waals surface area contributed by atoms with E-state index in [0.29, 0.717) is 34.0 Å². The van der Waals surface area contributed by atoms with Crippen LogP contribution in [0.2, 0.25) is 0 Å². The second-order valence-corrected chi connectivity index (χ2v) is 10.1. The third kappa shape index (κ3) is 4.45. The Morgan fingerprint density at radius 1 is 1.07 bits per heavy atom. The number of rotatable bonds is 7. The minimum Gasteiger partial charge on any atom is -0.481 e. The molecule has 41 heavy (non-hydrogen) atoms. The molecule has 0 saturated heterocycles. The highest BCUT2D eigenvalue weighted by Crippen LogP contribution is 2.45. The van der Waals surface area contributed by atoms with Crippen LogP contribution in [0.4, 0.5) is 20.4 Å². The molecule has 2 aromatic heterocycles. The van der Waals surface area contributed by atoms with Crippen LogP contribution in [0.15, 0.2) is 66.7 Å².